The van der Waals surface area contributed by atoms with Crippen LogP contribution in [-0.4, -0.2) is 40.4 Å². The van der Waals surface area contributed by atoms with Gasteiger partial charge in [0.2, 0.25) is 4.77 Å². The summed E-state index contributed by atoms with van der Waals surface area (Å²) >= 11 is 4.98. The summed E-state index contributed by atoms with van der Waals surface area (Å²) in [7, 11) is 2.78. The molecule has 0 spiro atoms. The zero-order valence-corrected chi connectivity index (χ0v) is 10.5. The number of rotatable bonds is 3. The number of nitrogens with zero attached hydrogens (tertiary/aromatic N) is 3. The number of esters is 1. The van der Waals surface area contributed by atoms with Crippen LogP contribution in [0.15, 0.2) is 18.2 Å². The van der Waals surface area contributed by atoms with Gasteiger partial charge >= 0.3 is 5.97 Å². The number of carbonyl (C=O) groups excluding carboxylic acids is 1. The normalized spacial score (nSPS) is 10.1. The molecule has 0 unspecified atom stereocenters. The second kappa shape index (κ2) is 4.96. The molecule has 0 amide bonds. The summed E-state index contributed by atoms with van der Waals surface area (Å²) < 4.78 is 11.5. The molecule has 0 aliphatic carbocycles. The van der Waals surface area contributed by atoms with Gasteiger partial charge in [0.25, 0.3) is 0 Å². The average molecular weight is 266 g/mol. The lowest BCUT2D eigenvalue weighted by Crippen LogP contribution is -2.06. The highest BCUT2D eigenvalue weighted by atomic mass is 32.1. The minimum Gasteiger partial charge on any atom is -0.496 e. The zero-order valence-electron chi connectivity index (χ0n) is 9.71. The maximum atomic E-state index is 11.6. The Kier molecular flexibility index (Phi) is 3.38. The van der Waals surface area contributed by atoms with Gasteiger partial charge < -0.3 is 9.47 Å². The monoisotopic (exact) mass is 266 g/mol. The summed E-state index contributed by atoms with van der Waals surface area (Å²) in [5.41, 5.74) is 0.917. The number of hydrogen-bond donors (Lipinski definition) is 1. The first-order valence-corrected chi connectivity index (χ1v) is 5.35. The summed E-state index contributed by atoms with van der Waals surface area (Å²) in [5, 5.41) is 9.83. The van der Waals surface area contributed by atoms with Crippen LogP contribution in [0.4, 0.5) is 0 Å². The van der Waals surface area contributed by atoms with Crippen LogP contribution in [0.25, 0.3) is 5.69 Å². The Balaban J connectivity index is 2.56. The number of benzene rings is 1. The number of nitrogens with one attached hydrogen (secondary N) is 1. The topological polar surface area (TPSA) is 82.0 Å². The van der Waals surface area contributed by atoms with Gasteiger partial charge in [0, 0.05) is 0 Å². The fourth-order valence-electron chi connectivity index (χ4n) is 1.47. The van der Waals surface area contributed by atoms with Crippen molar-refractivity contribution in [3.05, 3.63) is 28.5 Å². The van der Waals surface area contributed by atoms with E-state index < -0.39 is 5.97 Å². The average Bonchev–Trinajstić information content (AvgIpc) is 2.83. The number of hydrogen-bond acceptors (Lipinski definition) is 6. The molecule has 1 N–H and O–H groups in total. The second-order valence-corrected chi connectivity index (χ2v) is 3.66. The molecule has 1 aromatic heterocycles. The predicted octanol–water partition coefficient (Wildman–Crippen LogP) is 1.12. The third-order valence-corrected chi connectivity index (χ3v) is 2.58. The van der Waals surface area contributed by atoms with Crippen molar-refractivity contribution in [2.75, 3.05) is 14.2 Å². The van der Waals surface area contributed by atoms with E-state index in [4.69, 9.17) is 17.0 Å². The number of H-pyrrole nitrogens is 1. The van der Waals surface area contributed by atoms with Crippen LogP contribution >= 0.6 is 12.2 Å². The molecule has 0 saturated heterocycles. The van der Waals surface area contributed by atoms with Gasteiger partial charge in [-0.2, -0.15) is 5.21 Å². The van der Waals surface area contributed by atoms with Gasteiger partial charge in [0.15, 0.2) is 0 Å². The fourth-order valence-corrected chi connectivity index (χ4v) is 1.66. The van der Waals surface area contributed by atoms with Gasteiger partial charge in [0.1, 0.15) is 11.3 Å². The SMILES string of the molecule is COC(=O)c1cc(-n2[nH]nnc2=S)ccc1OC. The maximum absolute atomic E-state index is 11.6. The highest BCUT2D eigenvalue weighted by Gasteiger charge is 2.14. The van der Waals surface area contributed by atoms with Crippen LogP contribution in [0, 0.1) is 4.77 Å². The first-order chi connectivity index (χ1) is 8.67. The van der Waals surface area contributed by atoms with Crippen LogP contribution in [0.5, 0.6) is 5.75 Å². The number of ether oxygens (including phenoxy) is 2. The zero-order chi connectivity index (χ0) is 13.1. The third kappa shape index (κ3) is 2.09. The largest absolute Gasteiger partial charge is 0.496 e. The van der Waals surface area contributed by atoms with Crippen molar-refractivity contribution < 1.29 is 14.3 Å². The molecule has 94 valence electrons. The summed E-state index contributed by atoms with van der Waals surface area (Å²) in [6, 6.07) is 4.95. The number of methoxy groups -OCH3 is 2. The van der Waals surface area contributed by atoms with Gasteiger partial charge in [0.05, 0.1) is 19.9 Å². The van der Waals surface area contributed by atoms with Crippen LogP contribution < -0.4 is 4.74 Å². The van der Waals surface area contributed by atoms with E-state index in [1.807, 2.05) is 0 Å². The van der Waals surface area contributed by atoms with Crippen molar-refractivity contribution in [3.8, 4) is 11.4 Å². The molecule has 1 heterocycles. The predicted molar refractivity (Wildman–Crippen MR) is 64.4 cm³/mol. The summed E-state index contributed by atoms with van der Waals surface area (Å²) in [6.45, 7) is 0. The van der Waals surface area contributed by atoms with E-state index in [0.717, 1.165) is 0 Å². The molecule has 8 heteroatoms. The van der Waals surface area contributed by atoms with Gasteiger partial charge in [-0.25, -0.2) is 9.48 Å². The highest BCUT2D eigenvalue weighted by molar-refractivity contribution is 7.71. The molecule has 0 fully saturated rings. The minimum absolute atomic E-state index is 0.260. The van der Waals surface area contributed by atoms with E-state index in [2.05, 4.69) is 20.3 Å². The van der Waals surface area contributed by atoms with E-state index in [9.17, 15) is 4.79 Å². The van der Waals surface area contributed by atoms with Crippen molar-refractivity contribution >= 4 is 18.2 Å². The smallest absolute Gasteiger partial charge is 0.341 e. The summed E-state index contributed by atoms with van der Waals surface area (Å²) in [6.07, 6.45) is 0. The van der Waals surface area contributed by atoms with Crippen molar-refractivity contribution in [2.45, 2.75) is 0 Å². The molecule has 18 heavy (non-hydrogen) atoms. The minimum atomic E-state index is -0.493. The lowest BCUT2D eigenvalue weighted by molar-refractivity contribution is 0.0597. The molecular weight excluding hydrogens is 256 g/mol. The number of tetrazole rings is 1. The lowest BCUT2D eigenvalue weighted by atomic mass is 10.2. The van der Waals surface area contributed by atoms with Crippen molar-refractivity contribution in [2.24, 2.45) is 0 Å². The Labute approximate surface area is 107 Å². The highest BCUT2D eigenvalue weighted by Crippen LogP contribution is 2.22. The molecule has 0 radical (unpaired) electrons. The summed E-state index contributed by atoms with van der Waals surface area (Å²) in [5.74, 6) is -0.0720. The van der Waals surface area contributed by atoms with Crippen LogP contribution in [0.2, 0.25) is 0 Å². The van der Waals surface area contributed by atoms with Crippen molar-refractivity contribution in [1.82, 2.24) is 20.2 Å². The summed E-state index contributed by atoms with van der Waals surface area (Å²) in [4.78, 5) is 11.6. The van der Waals surface area contributed by atoms with Gasteiger partial charge in [-0.05, 0) is 30.4 Å². The molecule has 0 saturated carbocycles. The van der Waals surface area contributed by atoms with Crippen LogP contribution in [0.3, 0.4) is 0 Å². The van der Waals surface area contributed by atoms with Crippen LogP contribution in [-0.2, 0) is 4.74 Å². The number of aromatic nitrogens is 4. The number of aromatic amines is 1. The maximum Gasteiger partial charge on any atom is 0.341 e. The third-order valence-electron chi connectivity index (χ3n) is 2.32. The molecule has 1 aromatic carbocycles. The van der Waals surface area contributed by atoms with E-state index in [0.29, 0.717) is 17.0 Å². The van der Waals surface area contributed by atoms with E-state index in [1.165, 1.54) is 18.9 Å². The van der Waals surface area contributed by atoms with Crippen molar-refractivity contribution in [3.63, 3.8) is 0 Å². The lowest BCUT2D eigenvalue weighted by Gasteiger charge is -2.08. The molecule has 0 atom stereocenters. The quantitative estimate of drug-likeness (QED) is 0.662. The van der Waals surface area contributed by atoms with E-state index in [-0.39, 0.29) is 4.77 Å². The first kappa shape index (κ1) is 12.2. The van der Waals surface area contributed by atoms with E-state index >= 15 is 0 Å². The molecular formula is C10H10N4O3S. The van der Waals surface area contributed by atoms with Gasteiger partial charge in [-0.15, -0.1) is 0 Å². The van der Waals surface area contributed by atoms with Crippen molar-refractivity contribution in [1.29, 1.82) is 0 Å². The standard InChI is InChI=1S/C10H10N4O3S/c1-16-8-4-3-6(5-7(8)9(15)17-2)14-10(18)11-12-13-14/h3-5H,1-2H3,(H,11,13,18). The number of carbonyl (C=O) groups is 1. The van der Waals surface area contributed by atoms with Crippen LogP contribution in [0.1, 0.15) is 10.4 Å². The molecule has 0 bridgehead atoms. The molecule has 2 rings (SSSR count). The molecule has 7 nitrogen and oxygen atoms in total. The van der Waals surface area contributed by atoms with E-state index in [1.54, 1.807) is 18.2 Å². The Morgan fingerprint density at radius 1 is 1.44 bits per heavy atom. The molecule has 0 aliphatic heterocycles. The fraction of sp³-hybridized carbons (Fsp3) is 0.200. The molecule has 0 aliphatic rings. The Hall–Kier alpha value is -2.22. The first-order valence-electron chi connectivity index (χ1n) is 4.94. The second-order valence-electron chi connectivity index (χ2n) is 3.29. The Bertz CT molecular complexity index is 634. The van der Waals surface area contributed by atoms with Gasteiger partial charge in [-0.3, -0.25) is 0 Å². The van der Waals surface area contributed by atoms with Gasteiger partial charge in [-0.1, -0.05) is 10.3 Å². The molecule has 2 aromatic rings. The Morgan fingerprint density at radius 2 is 2.22 bits per heavy atom. The Morgan fingerprint density at radius 3 is 2.78 bits per heavy atom.